The Morgan fingerprint density at radius 2 is 2.16 bits per heavy atom. The van der Waals surface area contributed by atoms with E-state index in [1.165, 1.54) is 0 Å². The highest BCUT2D eigenvalue weighted by Crippen LogP contribution is 2.28. The molecule has 3 rings (SSSR count). The van der Waals surface area contributed by atoms with Gasteiger partial charge in [-0.05, 0) is 54.7 Å². The fourth-order valence-electron chi connectivity index (χ4n) is 3.13. The van der Waals surface area contributed by atoms with Crippen molar-refractivity contribution in [3.8, 4) is 11.5 Å². The topological polar surface area (TPSA) is 59.6 Å². The van der Waals surface area contributed by atoms with Gasteiger partial charge in [0.05, 0.1) is 13.2 Å². The van der Waals surface area contributed by atoms with Gasteiger partial charge in [0.25, 0.3) is 0 Å². The zero-order valence-corrected chi connectivity index (χ0v) is 14.9. The number of amides is 2. The minimum absolute atomic E-state index is 0.0753. The van der Waals surface area contributed by atoms with Crippen LogP contribution in [-0.2, 0) is 12.8 Å². The van der Waals surface area contributed by atoms with Gasteiger partial charge in [0.15, 0.2) is 0 Å². The lowest BCUT2D eigenvalue weighted by Gasteiger charge is -2.26. The van der Waals surface area contributed by atoms with Crippen molar-refractivity contribution in [3.63, 3.8) is 0 Å². The molecule has 132 valence electrons. The van der Waals surface area contributed by atoms with E-state index in [9.17, 15) is 4.79 Å². The summed E-state index contributed by atoms with van der Waals surface area (Å²) in [5.74, 6) is 1.64. The normalized spacial score (nSPS) is 15.7. The van der Waals surface area contributed by atoms with Crippen LogP contribution < -0.4 is 20.1 Å². The number of fused-ring (bicyclic) bond motifs is 1. The minimum Gasteiger partial charge on any atom is -0.497 e. The molecule has 25 heavy (non-hydrogen) atoms. The van der Waals surface area contributed by atoms with Crippen LogP contribution in [0.25, 0.3) is 0 Å². The highest BCUT2D eigenvalue weighted by atomic mass is 16.5. The average molecular weight is 340 g/mol. The maximum Gasteiger partial charge on any atom is 0.319 e. The zero-order valence-electron chi connectivity index (χ0n) is 14.9. The SMILES string of the molecule is CCc1cccc(C)c1NC(=O)N[C@H]1COc2ccc(OC)cc2C1. The smallest absolute Gasteiger partial charge is 0.319 e. The quantitative estimate of drug-likeness (QED) is 0.892. The maximum absolute atomic E-state index is 12.4. The third-order valence-electron chi connectivity index (χ3n) is 4.49. The van der Waals surface area contributed by atoms with E-state index in [-0.39, 0.29) is 12.1 Å². The molecule has 2 N–H and O–H groups in total. The van der Waals surface area contributed by atoms with Gasteiger partial charge in [-0.2, -0.15) is 0 Å². The number of carbonyl (C=O) groups is 1. The van der Waals surface area contributed by atoms with Crippen molar-refractivity contribution in [2.24, 2.45) is 0 Å². The van der Waals surface area contributed by atoms with Crippen LogP contribution in [0, 0.1) is 6.92 Å². The van der Waals surface area contributed by atoms with Crippen molar-refractivity contribution in [1.82, 2.24) is 5.32 Å². The van der Waals surface area contributed by atoms with Crippen LogP contribution >= 0.6 is 0 Å². The van der Waals surface area contributed by atoms with Crippen LogP contribution in [-0.4, -0.2) is 25.8 Å². The van der Waals surface area contributed by atoms with Gasteiger partial charge < -0.3 is 20.1 Å². The van der Waals surface area contributed by atoms with Crippen LogP contribution in [0.2, 0.25) is 0 Å². The molecule has 2 aromatic rings. The molecule has 0 fully saturated rings. The second-order valence-electron chi connectivity index (χ2n) is 6.25. The Morgan fingerprint density at radius 3 is 2.92 bits per heavy atom. The number of carbonyl (C=O) groups excluding carboxylic acids is 1. The Hall–Kier alpha value is -2.69. The molecule has 0 bridgehead atoms. The number of methoxy groups -OCH3 is 1. The van der Waals surface area contributed by atoms with Crippen LogP contribution in [0.3, 0.4) is 0 Å². The number of benzene rings is 2. The molecule has 5 nitrogen and oxygen atoms in total. The second kappa shape index (κ2) is 7.47. The molecule has 0 unspecified atom stereocenters. The number of nitrogens with one attached hydrogen (secondary N) is 2. The first-order valence-corrected chi connectivity index (χ1v) is 8.56. The summed E-state index contributed by atoms with van der Waals surface area (Å²) < 4.78 is 11.0. The summed E-state index contributed by atoms with van der Waals surface area (Å²) in [6.45, 7) is 4.54. The molecule has 0 radical (unpaired) electrons. The molecule has 1 heterocycles. The highest BCUT2D eigenvalue weighted by molar-refractivity contribution is 5.91. The minimum atomic E-state index is -0.205. The standard InChI is InChI=1S/C20H24N2O3/c1-4-14-7-5-6-13(2)19(14)22-20(23)21-16-10-15-11-17(24-3)8-9-18(15)25-12-16/h5-9,11,16H,4,10,12H2,1-3H3,(H2,21,22,23)/t16-/m1/s1. The number of hydrogen-bond acceptors (Lipinski definition) is 3. The third-order valence-corrected chi connectivity index (χ3v) is 4.49. The van der Waals surface area contributed by atoms with E-state index in [4.69, 9.17) is 9.47 Å². The third kappa shape index (κ3) is 3.87. The maximum atomic E-state index is 12.4. The molecule has 2 aromatic carbocycles. The lowest BCUT2D eigenvalue weighted by molar-refractivity contribution is 0.222. The molecule has 5 heteroatoms. The van der Waals surface area contributed by atoms with E-state index in [1.54, 1.807) is 7.11 Å². The van der Waals surface area contributed by atoms with Gasteiger partial charge in [-0.15, -0.1) is 0 Å². The van der Waals surface area contributed by atoms with E-state index in [0.29, 0.717) is 13.0 Å². The monoisotopic (exact) mass is 340 g/mol. The molecule has 0 aliphatic carbocycles. The molecular formula is C20H24N2O3. The molecule has 1 aliphatic heterocycles. The summed E-state index contributed by atoms with van der Waals surface area (Å²) in [4.78, 5) is 12.4. The van der Waals surface area contributed by atoms with E-state index in [0.717, 1.165) is 40.3 Å². The molecule has 1 atom stereocenters. The summed E-state index contributed by atoms with van der Waals surface area (Å²) in [5, 5.41) is 6.00. The molecule has 0 saturated heterocycles. The van der Waals surface area contributed by atoms with Crippen molar-refractivity contribution in [1.29, 1.82) is 0 Å². The van der Waals surface area contributed by atoms with Crippen molar-refractivity contribution in [2.75, 3.05) is 19.0 Å². The van der Waals surface area contributed by atoms with Gasteiger partial charge in [-0.3, -0.25) is 0 Å². The lowest BCUT2D eigenvalue weighted by atomic mass is 10.0. The van der Waals surface area contributed by atoms with Gasteiger partial charge in [-0.25, -0.2) is 4.79 Å². The Labute approximate surface area is 148 Å². The number of aryl methyl sites for hydroxylation is 2. The van der Waals surface area contributed by atoms with Gasteiger partial charge in [0.2, 0.25) is 0 Å². The summed E-state index contributed by atoms with van der Waals surface area (Å²) in [6, 6.07) is 11.5. The summed E-state index contributed by atoms with van der Waals surface area (Å²) in [5.41, 5.74) is 4.12. The van der Waals surface area contributed by atoms with Crippen molar-refractivity contribution in [2.45, 2.75) is 32.7 Å². The molecule has 2 amide bonds. The Balaban J connectivity index is 1.66. The van der Waals surface area contributed by atoms with Crippen molar-refractivity contribution < 1.29 is 14.3 Å². The Morgan fingerprint density at radius 1 is 1.32 bits per heavy atom. The van der Waals surface area contributed by atoms with E-state index in [1.807, 2.05) is 43.3 Å². The summed E-state index contributed by atoms with van der Waals surface area (Å²) in [6.07, 6.45) is 1.59. The van der Waals surface area contributed by atoms with Gasteiger partial charge in [0.1, 0.15) is 18.1 Å². The predicted molar refractivity (Wildman–Crippen MR) is 98.7 cm³/mol. The number of urea groups is 1. The first kappa shape index (κ1) is 17.1. The van der Waals surface area contributed by atoms with E-state index in [2.05, 4.69) is 17.6 Å². The molecule has 0 saturated carbocycles. The Bertz CT molecular complexity index is 774. The van der Waals surface area contributed by atoms with Gasteiger partial charge in [-0.1, -0.05) is 25.1 Å². The second-order valence-corrected chi connectivity index (χ2v) is 6.25. The predicted octanol–water partition coefficient (Wildman–Crippen LogP) is 3.69. The molecule has 0 spiro atoms. The number of rotatable bonds is 4. The Kier molecular flexibility index (Phi) is 5.12. The van der Waals surface area contributed by atoms with E-state index < -0.39 is 0 Å². The largest absolute Gasteiger partial charge is 0.497 e. The zero-order chi connectivity index (χ0) is 17.8. The fourth-order valence-corrected chi connectivity index (χ4v) is 3.13. The number of para-hydroxylation sites is 1. The van der Waals surface area contributed by atoms with Crippen molar-refractivity contribution in [3.05, 3.63) is 53.1 Å². The highest BCUT2D eigenvalue weighted by Gasteiger charge is 2.22. The average Bonchev–Trinajstić information content (AvgIpc) is 2.62. The fraction of sp³-hybridized carbons (Fsp3) is 0.350. The molecule has 1 aliphatic rings. The molecular weight excluding hydrogens is 316 g/mol. The number of ether oxygens (including phenoxy) is 2. The van der Waals surface area contributed by atoms with Crippen LogP contribution in [0.1, 0.15) is 23.6 Å². The lowest BCUT2D eigenvalue weighted by Crippen LogP contribution is -2.44. The summed E-state index contributed by atoms with van der Waals surface area (Å²) in [7, 11) is 1.64. The first-order valence-electron chi connectivity index (χ1n) is 8.56. The number of anilines is 1. The van der Waals surface area contributed by atoms with E-state index >= 15 is 0 Å². The van der Waals surface area contributed by atoms with Crippen molar-refractivity contribution >= 4 is 11.7 Å². The van der Waals surface area contributed by atoms with Crippen LogP contribution in [0.4, 0.5) is 10.5 Å². The summed E-state index contributed by atoms with van der Waals surface area (Å²) >= 11 is 0. The number of hydrogen-bond donors (Lipinski definition) is 2. The van der Waals surface area contributed by atoms with Crippen LogP contribution in [0.15, 0.2) is 36.4 Å². The van der Waals surface area contributed by atoms with Crippen LogP contribution in [0.5, 0.6) is 11.5 Å². The van der Waals surface area contributed by atoms with Gasteiger partial charge in [0, 0.05) is 5.69 Å². The van der Waals surface area contributed by atoms with Gasteiger partial charge >= 0.3 is 6.03 Å². The first-order chi connectivity index (χ1) is 12.1. The molecule has 0 aromatic heterocycles.